The van der Waals surface area contributed by atoms with Crippen LogP contribution in [0.15, 0.2) is 115 Å². The molecule has 212 valence electrons. The van der Waals surface area contributed by atoms with E-state index in [9.17, 15) is 5.11 Å². The third-order valence-corrected chi connectivity index (χ3v) is 10.7. The van der Waals surface area contributed by atoms with Gasteiger partial charge >= 0.3 is 0 Å². The second-order valence-electron chi connectivity index (χ2n) is 10.5. The van der Waals surface area contributed by atoms with Crippen LogP contribution in [0.4, 0.5) is 5.69 Å². The van der Waals surface area contributed by atoms with Gasteiger partial charge in [-0.05, 0) is 59.2 Å². The Labute approximate surface area is 250 Å². The molecule has 2 unspecified atom stereocenters. The van der Waals surface area contributed by atoms with E-state index in [2.05, 4.69) is 16.9 Å². The van der Waals surface area contributed by atoms with Crippen molar-refractivity contribution in [2.24, 2.45) is 0 Å². The van der Waals surface area contributed by atoms with E-state index in [0.717, 1.165) is 40.2 Å². The van der Waals surface area contributed by atoms with Crippen LogP contribution in [0.5, 0.6) is 23.0 Å². The highest BCUT2D eigenvalue weighted by Gasteiger charge is 2.45. The molecule has 0 aliphatic carbocycles. The van der Waals surface area contributed by atoms with E-state index in [1.807, 2.05) is 97.1 Å². The van der Waals surface area contributed by atoms with Crippen molar-refractivity contribution in [3.8, 4) is 46.5 Å². The summed E-state index contributed by atoms with van der Waals surface area (Å²) in [4.78, 5) is 2.15. The molecule has 2 aliphatic rings. The van der Waals surface area contributed by atoms with Gasteiger partial charge in [-0.2, -0.15) is 0 Å². The summed E-state index contributed by atoms with van der Waals surface area (Å²) >= 11 is 0. The van der Waals surface area contributed by atoms with Crippen molar-refractivity contribution < 1.29 is 23.7 Å². The van der Waals surface area contributed by atoms with Crippen molar-refractivity contribution >= 4 is 18.4 Å². The second kappa shape index (κ2) is 10.9. The molecule has 2 aliphatic heterocycles. The zero-order valence-electron chi connectivity index (χ0n) is 23.2. The Balaban J connectivity index is 1.33. The number of terminal acetylenes is 1. The van der Waals surface area contributed by atoms with E-state index in [0.29, 0.717) is 23.3 Å². The number of phenols is 1. The number of anilines is 1. The van der Waals surface area contributed by atoms with E-state index < -0.39 is 13.0 Å². The zero-order valence-corrected chi connectivity index (χ0v) is 24.1. The lowest BCUT2D eigenvalue weighted by molar-refractivity contribution is 0.289. The minimum absolute atomic E-state index is 0.0221. The van der Waals surface area contributed by atoms with Gasteiger partial charge in [0.1, 0.15) is 23.8 Å². The van der Waals surface area contributed by atoms with Gasteiger partial charge in [-0.15, -0.1) is 6.42 Å². The van der Waals surface area contributed by atoms with Gasteiger partial charge in [-0.25, -0.2) is 0 Å². The van der Waals surface area contributed by atoms with Crippen LogP contribution in [0.1, 0.15) is 22.3 Å². The third-order valence-electron chi connectivity index (χ3n) is 7.88. The summed E-state index contributed by atoms with van der Waals surface area (Å²) in [5, 5.41) is 11.5. The van der Waals surface area contributed by atoms with Crippen LogP contribution in [-0.4, -0.2) is 18.4 Å². The minimum atomic E-state index is -3.66. The Bertz CT molecular complexity index is 1910. The summed E-state index contributed by atoms with van der Waals surface area (Å²) < 4.78 is 33.4. The molecule has 6 nitrogen and oxygen atoms in total. The Hall–Kier alpha value is -5.11. The first-order valence-electron chi connectivity index (χ1n) is 14.0. The monoisotopic (exact) mass is 585 g/mol. The average Bonchev–Trinajstić information content (AvgIpc) is 3.05. The Morgan fingerprint density at radius 2 is 1.56 bits per heavy atom. The number of phenolic OH excluding ortho intramolecular Hbond substituents is 1. The van der Waals surface area contributed by atoms with Crippen LogP contribution in [-0.2, 0) is 11.1 Å². The molecule has 0 fully saturated rings. The van der Waals surface area contributed by atoms with E-state index in [1.165, 1.54) is 0 Å². The number of rotatable bonds is 6. The second-order valence-corrected chi connectivity index (χ2v) is 12.9. The van der Waals surface area contributed by atoms with Crippen LogP contribution >= 0.6 is 7.37 Å². The quantitative estimate of drug-likeness (QED) is 0.164. The number of fused-ring (bicyclic) bond motifs is 4. The molecule has 0 saturated heterocycles. The molecular formula is C36H28NO5P. The summed E-state index contributed by atoms with van der Waals surface area (Å²) in [7, 11) is -3.66. The van der Waals surface area contributed by atoms with Crippen molar-refractivity contribution in [3.05, 3.63) is 132 Å². The summed E-state index contributed by atoms with van der Waals surface area (Å²) in [5.41, 5.74) is 4.56. The summed E-state index contributed by atoms with van der Waals surface area (Å²) in [5.74, 6) is 4.05. The van der Waals surface area contributed by atoms with E-state index in [-0.39, 0.29) is 18.1 Å². The van der Waals surface area contributed by atoms with Crippen LogP contribution < -0.4 is 24.2 Å². The maximum absolute atomic E-state index is 15.4. The van der Waals surface area contributed by atoms with Crippen molar-refractivity contribution in [2.75, 3.05) is 18.2 Å². The molecule has 43 heavy (non-hydrogen) atoms. The molecule has 1 N–H and O–H groups in total. The van der Waals surface area contributed by atoms with Crippen molar-refractivity contribution in [1.29, 1.82) is 0 Å². The van der Waals surface area contributed by atoms with Crippen molar-refractivity contribution in [3.63, 3.8) is 0 Å². The molecule has 5 aromatic carbocycles. The predicted octanol–water partition coefficient (Wildman–Crippen LogP) is 7.51. The summed E-state index contributed by atoms with van der Waals surface area (Å²) in [6, 6.07) is 36.4. The van der Waals surface area contributed by atoms with Crippen LogP contribution in [0, 0.1) is 12.3 Å². The molecule has 0 amide bonds. The molecule has 5 aromatic rings. The largest absolute Gasteiger partial charge is 0.504 e. The van der Waals surface area contributed by atoms with Gasteiger partial charge in [0, 0.05) is 23.4 Å². The molecule has 0 spiro atoms. The number of hydrogen-bond donors (Lipinski definition) is 1. The molecular weight excluding hydrogens is 557 g/mol. The number of ether oxygens (including phenoxy) is 2. The Kier molecular flexibility index (Phi) is 6.81. The number of hydrogen-bond acceptors (Lipinski definition) is 6. The van der Waals surface area contributed by atoms with Crippen LogP contribution in [0.2, 0.25) is 0 Å². The summed E-state index contributed by atoms with van der Waals surface area (Å²) in [6.45, 7) is 1.17. The summed E-state index contributed by atoms with van der Waals surface area (Å²) in [6.07, 6.45) is 5.35. The number of nitrogens with zero attached hydrogens (tertiary/aromatic N) is 1. The lowest BCUT2D eigenvalue weighted by Gasteiger charge is -2.35. The molecule has 2 atom stereocenters. The van der Waals surface area contributed by atoms with Crippen molar-refractivity contribution in [2.45, 2.75) is 12.2 Å². The number of benzene rings is 5. The minimum Gasteiger partial charge on any atom is -0.504 e. The van der Waals surface area contributed by atoms with E-state index >= 15 is 4.57 Å². The van der Waals surface area contributed by atoms with Gasteiger partial charge in [0.25, 0.3) is 7.37 Å². The lowest BCUT2D eigenvalue weighted by atomic mass is 10.0. The zero-order chi connectivity index (χ0) is 29.4. The van der Waals surface area contributed by atoms with Crippen LogP contribution in [0.25, 0.3) is 11.1 Å². The highest BCUT2D eigenvalue weighted by molar-refractivity contribution is 7.68. The molecule has 0 saturated carbocycles. The first kappa shape index (κ1) is 26.8. The molecule has 2 heterocycles. The number of para-hydroxylation sites is 2. The lowest BCUT2D eigenvalue weighted by Crippen LogP contribution is -2.31. The normalized spacial score (nSPS) is 17.2. The van der Waals surface area contributed by atoms with E-state index in [1.54, 1.807) is 12.1 Å². The number of aromatic hydroxyl groups is 1. The fourth-order valence-corrected chi connectivity index (χ4v) is 8.74. The maximum Gasteiger partial charge on any atom is 0.289 e. The average molecular weight is 586 g/mol. The van der Waals surface area contributed by atoms with Gasteiger partial charge in [-0.3, -0.25) is 4.57 Å². The van der Waals surface area contributed by atoms with Crippen molar-refractivity contribution in [1.82, 2.24) is 0 Å². The fraction of sp³-hybridized carbons (Fsp3) is 0.111. The standard InChI is InChI=1S/C36H28NO5P/c1-2-21-40-34-20-17-26(22-31(34)38)36(43(39)35-14-8-5-11-30(35)29-10-4-7-13-33(29)42-43)25-15-18-28(19-16-25)37-23-27-9-3-6-12-32(27)41-24-37/h1,3-20,22,36,38H,21,23-24H2. The highest BCUT2D eigenvalue weighted by Crippen LogP contribution is 2.66. The first-order chi connectivity index (χ1) is 21.0. The maximum atomic E-state index is 15.4. The van der Waals surface area contributed by atoms with Gasteiger partial charge < -0.3 is 24.0 Å². The SMILES string of the molecule is C#CCOc1ccc(C(c2ccc(N3COc4ccccc4C3)cc2)P2(=O)Oc3ccccc3-c3ccccc32)cc1O. The molecule has 0 aromatic heterocycles. The van der Waals surface area contributed by atoms with Gasteiger partial charge in [0.15, 0.2) is 18.2 Å². The highest BCUT2D eigenvalue weighted by atomic mass is 31.2. The van der Waals surface area contributed by atoms with Gasteiger partial charge in [-0.1, -0.05) is 78.7 Å². The van der Waals surface area contributed by atoms with Crippen LogP contribution in [0.3, 0.4) is 0 Å². The van der Waals surface area contributed by atoms with Gasteiger partial charge in [0.05, 0.1) is 5.30 Å². The smallest absolute Gasteiger partial charge is 0.289 e. The fourth-order valence-electron chi connectivity index (χ4n) is 5.87. The first-order valence-corrected chi connectivity index (χ1v) is 15.7. The molecule has 7 rings (SSSR count). The molecule has 0 bridgehead atoms. The van der Waals surface area contributed by atoms with Gasteiger partial charge in [0.2, 0.25) is 0 Å². The topological polar surface area (TPSA) is 68.2 Å². The Morgan fingerprint density at radius 1 is 0.860 bits per heavy atom. The molecule has 7 heteroatoms. The molecule has 0 radical (unpaired) electrons. The third kappa shape index (κ3) is 4.78. The predicted molar refractivity (Wildman–Crippen MR) is 169 cm³/mol. The van der Waals surface area contributed by atoms with E-state index in [4.69, 9.17) is 20.4 Å². The Morgan fingerprint density at radius 3 is 2.35 bits per heavy atom.